The lowest BCUT2D eigenvalue weighted by molar-refractivity contribution is -0.123. The molecule has 0 unspecified atom stereocenters. The van der Waals surface area contributed by atoms with Gasteiger partial charge < -0.3 is 10.1 Å². The van der Waals surface area contributed by atoms with Crippen LogP contribution in [-0.4, -0.2) is 16.8 Å². The molecule has 0 aliphatic carbocycles. The number of imide groups is 1. The van der Waals surface area contributed by atoms with Crippen LogP contribution in [0.15, 0.2) is 70.8 Å². The number of nitrogens with zero attached hydrogens (tertiary/aromatic N) is 1. The van der Waals surface area contributed by atoms with Crippen LogP contribution in [0.25, 0.3) is 6.08 Å². The van der Waals surface area contributed by atoms with E-state index in [1.165, 1.54) is 12.1 Å². The zero-order valence-corrected chi connectivity index (χ0v) is 20.0. The molecule has 0 atom stereocenters. The highest BCUT2D eigenvalue weighted by Gasteiger charge is 2.34. The van der Waals surface area contributed by atoms with Gasteiger partial charge in [0.25, 0.3) is 5.91 Å². The van der Waals surface area contributed by atoms with Gasteiger partial charge in [0.15, 0.2) is 0 Å². The van der Waals surface area contributed by atoms with Crippen molar-refractivity contribution in [3.8, 4) is 5.75 Å². The highest BCUT2D eigenvalue weighted by molar-refractivity contribution is 9.10. The Morgan fingerprint density at radius 1 is 1.03 bits per heavy atom. The second-order valence-corrected chi connectivity index (χ2v) is 8.88. The second kappa shape index (κ2) is 9.95. The van der Waals surface area contributed by atoms with E-state index in [2.05, 4.69) is 21.2 Å². The van der Waals surface area contributed by atoms with Crippen LogP contribution in [0.1, 0.15) is 16.7 Å². The Morgan fingerprint density at radius 3 is 2.55 bits per heavy atom. The quantitative estimate of drug-likeness (QED) is 0.279. The number of carbonyl (C=O) groups excluding carboxylic acids is 2. The van der Waals surface area contributed by atoms with Crippen molar-refractivity contribution in [2.75, 3.05) is 0 Å². The molecule has 168 valence electrons. The fourth-order valence-corrected chi connectivity index (χ4v) is 4.17. The van der Waals surface area contributed by atoms with Crippen molar-refractivity contribution in [3.63, 3.8) is 0 Å². The first-order chi connectivity index (χ1) is 15.8. The number of hydrogen-bond donors (Lipinski definition) is 1. The maximum Gasteiger partial charge on any atom is 0.329 e. The van der Waals surface area contributed by atoms with Crippen molar-refractivity contribution >= 4 is 57.1 Å². The van der Waals surface area contributed by atoms with Gasteiger partial charge in [-0.1, -0.05) is 53.5 Å². The number of amides is 3. The molecule has 1 fully saturated rings. The molecule has 3 aromatic carbocycles. The first kappa shape index (κ1) is 23.3. The van der Waals surface area contributed by atoms with Crippen LogP contribution >= 0.6 is 39.1 Å². The molecule has 1 N–H and O–H groups in total. The molecule has 0 aromatic heterocycles. The Labute approximate surface area is 207 Å². The van der Waals surface area contributed by atoms with Gasteiger partial charge in [0, 0.05) is 21.2 Å². The van der Waals surface area contributed by atoms with Gasteiger partial charge in [-0.25, -0.2) is 9.18 Å². The summed E-state index contributed by atoms with van der Waals surface area (Å²) in [6.45, 7) is 0.0903. The maximum atomic E-state index is 13.9. The lowest BCUT2D eigenvalue weighted by Crippen LogP contribution is -2.30. The predicted molar refractivity (Wildman–Crippen MR) is 128 cm³/mol. The van der Waals surface area contributed by atoms with Crippen molar-refractivity contribution in [3.05, 3.63) is 103 Å². The number of halogens is 4. The monoisotopic (exact) mass is 548 g/mol. The van der Waals surface area contributed by atoms with Crippen LogP contribution in [0.2, 0.25) is 10.0 Å². The summed E-state index contributed by atoms with van der Waals surface area (Å²) in [6.07, 6.45) is 1.55. The van der Waals surface area contributed by atoms with Gasteiger partial charge in [0.2, 0.25) is 0 Å². The van der Waals surface area contributed by atoms with Gasteiger partial charge in [-0.05, 0) is 57.9 Å². The summed E-state index contributed by atoms with van der Waals surface area (Å²) < 4.78 is 20.4. The van der Waals surface area contributed by atoms with Crippen LogP contribution in [0.3, 0.4) is 0 Å². The summed E-state index contributed by atoms with van der Waals surface area (Å²) >= 11 is 15.6. The third kappa shape index (κ3) is 5.38. The third-order valence-electron chi connectivity index (χ3n) is 4.91. The van der Waals surface area contributed by atoms with Crippen LogP contribution in [0.4, 0.5) is 9.18 Å². The van der Waals surface area contributed by atoms with Gasteiger partial charge in [-0.3, -0.25) is 9.69 Å². The van der Waals surface area contributed by atoms with Crippen molar-refractivity contribution in [1.29, 1.82) is 0 Å². The number of hydrogen-bond acceptors (Lipinski definition) is 3. The molecule has 3 aromatic rings. The molecule has 33 heavy (non-hydrogen) atoms. The largest absolute Gasteiger partial charge is 0.488 e. The SMILES string of the molecule is O=C1N/C(=C/c2ccc(OCc3ccc(Cl)cc3Cl)c(Br)c2)C(=O)N1Cc1ccccc1F. The molecule has 0 bridgehead atoms. The first-order valence-corrected chi connectivity index (χ1v) is 11.3. The molecular weight excluding hydrogens is 534 g/mol. The number of urea groups is 1. The van der Waals surface area contributed by atoms with Crippen molar-refractivity contribution in [2.24, 2.45) is 0 Å². The minimum Gasteiger partial charge on any atom is -0.488 e. The Balaban J connectivity index is 1.46. The van der Waals surface area contributed by atoms with Crippen LogP contribution in [-0.2, 0) is 17.9 Å². The zero-order valence-electron chi connectivity index (χ0n) is 16.9. The van der Waals surface area contributed by atoms with Gasteiger partial charge in [0.1, 0.15) is 23.9 Å². The molecular formula is C24H16BrCl2FN2O3. The minimum absolute atomic E-state index is 0.102. The maximum absolute atomic E-state index is 13.9. The van der Waals surface area contributed by atoms with E-state index in [0.29, 0.717) is 25.8 Å². The molecule has 3 amide bonds. The minimum atomic E-state index is -0.603. The van der Waals surface area contributed by atoms with Crippen molar-refractivity contribution < 1.29 is 18.7 Å². The molecule has 1 heterocycles. The molecule has 5 nitrogen and oxygen atoms in total. The predicted octanol–water partition coefficient (Wildman–Crippen LogP) is 6.57. The molecule has 4 rings (SSSR count). The molecule has 9 heteroatoms. The average Bonchev–Trinajstić information content (AvgIpc) is 3.03. The van der Waals surface area contributed by atoms with E-state index < -0.39 is 17.8 Å². The molecule has 0 saturated carbocycles. The van der Waals surface area contributed by atoms with E-state index in [-0.39, 0.29) is 24.4 Å². The second-order valence-electron chi connectivity index (χ2n) is 7.19. The highest BCUT2D eigenvalue weighted by atomic mass is 79.9. The van der Waals surface area contributed by atoms with E-state index in [4.69, 9.17) is 27.9 Å². The first-order valence-electron chi connectivity index (χ1n) is 9.76. The van der Waals surface area contributed by atoms with E-state index >= 15 is 0 Å². The van der Waals surface area contributed by atoms with Crippen LogP contribution in [0, 0.1) is 5.82 Å². The van der Waals surface area contributed by atoms with E-state index in [1.807, 2.05) is 0 Å². The fourth-order valence-electron chi connectivity index (χ4n) is 3.20. The summed E-state index contributed by atoms with van der Waals surface area (Å²) in [7, 11) is 0. The zero-order chi connectivity index (χ0) is 23.5. The van der Waals surface area contributed by atoms with Gasteiger partial charge >= 0.3 is 6.03 Å². The Morgan fingerprint density at radius 2 is 1.82 bits per heavy atom. The normalized spacial score (nSPS) is 14.7. The van der Waals surface area contributed by atoms with Crippen LogP contribution in [0.5, 0.6) is 5.75 Å². The summed E-state index contributed by atoms with van der Waals surface area (Å²) in [5, 5.41) is 3.59. The summed E-state index contributed by atoms with van der Waals surface area (Å²) in [5.41, 5.74) is 1.81. The van der Waals surface area contributed by atoms with Gasteiger partial charge in [-0.15, -0.1) is 0 Å². The molecule has 1 aliphatic heterocycles. The number of carbonyl (C=O) groups is 2. The molecule has 1 aliphatic rings. The summed E-state index contributed by atoms with van der Waals surface area (Å²) in [4.78, 5) is 25.9. The summed E-state index contributed by atoms with van der Waals surface area (Å²) in [5.74, 6) is -0.432. The molecule has 1 saturated heterocycles. The standard InChI is InChI=1S/C24H16BrCl2FN2O3/c25-18-9-14(5-8-22(18)33-13-16-6-7-17(26)11-19(16)27)10-21-23(31)30(24(32)29-21)12-15-3-1-2-4-20(15)28/h1-11H,12-13H2,(H,29,32)/b21-10+. The van der Waals surface area contributed by atoms with E-state index in [0.717, 1.165) is 10.5 Å². The van der Waals surface area contributed by atoms with Crippen molar-refractivity contribution in [2.45, 2.75) is 13.2 Å². The van der Waals surface area contributed by atoms with Gasteiger partial charge in [0.05, 0.1) is 11.0 Å². The lowest BCUT2D eigenvalue weighted by Gasteiger charge is -2.12. The Kier molecular flexibility index (Phi) is 7.02. The van der Waals surface area contributed by atoms with Crippen molar-refractivity contribution in [1.82, 2.24) is 10.2 Å². The third-order valence-corrected chi connectivity index (χ3v) is 6.12. The van der Waals surface area contributed by atoms with E-state index in [1.54, 1.807) is 54.6 Å². The van der Waals surface area contributed by atoms with Gasteiger partial charge in [-0.2, -0.15) is 0 Å². The number of rotatable bonds is 6. The van der Waals surface area contributed by atoms with E-state index in [9.17, 15) is 14.0 Å². The molecule has 0 spiro atoms. The van der Waals surface area contributed by atoms with Crippen LogP contribution < -0.4 is 10.1 Å². The topological polar surface area (TPSA) is 58.6 Å². The summed E-state index contributed by atoms with van der Waals surface area (Å²) in [6, 6.07) is 15.8. The Bertz CT molecular complexity index is 1280. The Hall–Kier alpha value is -2.87. The number of nitrogens with one attached hydrogen (secondary N) is 1. The lowest BCUT2D eigenvalue weighted by atomic mass is 10.1. The number of benzene rings is 3. The smallest absolute Gasteiger partial charge is 0.329 e. The highest BCUT2D eigenvalue weighted by Crippen LogP contribution is 2.29. The average molecular weight is 550 g/mol. The molecule has 0 radical (unpaired) electrons. The number of ether oxygens (including phenoxy) is 1. The fraction of sp³-hybridized carbons (Fsp3) is 0.0833.